The maximum atomic E-state index is 12.7. The molecule has 6 nitrogen and oxygen atoms in total. The van der Waals surface area contributed by atoms with Gasteiger partial charge in [0.05, 0.1) is 12.0 Å². The van der Waals surface area contributed by atoms with Crippen LogP contribution in [0.25, 0.3) is 10.2 Å². The summed E-state index contributed by atoms with van der Waals surface area (Å²) in [6, 6.07) is -0.316. The second-order valence-electron chi connectivity index (χ2n) is 7.22. The molecule has 0 unspecified atom stereocenters. The molecule has 0 aromatic carbocycles. The van der Waals surface area contributed by atoms with Gasteiger partial charge in [0.2, 0.25) is 5.91 Å². The lowest BCUT2D eigenvalue weighted by Crippen LogP contribution is -2.42. The minimum atomic E-state index is -0.316. The summed E-state index contributed by atoms with van der Waals surface area (Å²) in [6.07, 6.45) is 7.00. The van der Waals surface area contributed by atoms with Crippen LogP contribution in [-0.2, 0) is 22.4 Å². The fraction of sp³-hybridized carbons (Fsp3) is 0.632. The number of thiophene rings is 1. The van der Waals surface area contributed by atoms with Crippen molar-refractivity contribution in [3.63, 3.8) is 0 Å². The number of carbonyl (C=O) groups excluding carboxylic acids is 1. The lowest BCUT2D eigenvalue weighted by Gasteiger charge is -2.21. The Morgan fingerprint density at radius 1 is 1.31 bits per heavy atom. The van der Waals surface area contributed by atoms with Gasteiger partial charge in [0.15, 0.2) is 0 Å². The number of hydrogen-bond acceptors (Lipinski definition) is 6. The summed E-state index contributed by atoms with van der Waals surface area (Å²) < 4.78 is 5.03. The monoisotopic (exact) mass is 376 g/mol. The number of fused-ring (bicyclic) bond motifs is 3. The highest BCUT2D eigenvalue weighted by Crippen LogP contribution is 2.38. The van der Waals surface area contributed by atoms with Crippen molar-refractivity contribution in [2.45, 2.75) is 52.0 Å². The third kappa shape index (κ3) is 4.32. The minimum Gasteiger partial charge on any atom is -0.383 e. The van der Waals surface area contributed by atoms with Crippen molar-refractivity contribution in [2.24, 2.45) is 5.92 Å². The van der Waals surface area contributed by atoms with E-state index in [1.54, 1.807) is 24.8 Å². The number of rotatable bonds is 8. The topological polar surface area (TPSA) is 76.1 Å². The van der Waals surface area contributed by atoms with E-state index in [0.29, 0.717) is 19.1 Å². The summed E-state index contributed by atoms with van der Waals surface area (Å²) in [7, 11) is 1.63. The van der Waals surface area contributed by atoms with E-state index in [0.717, 1.165) is 35.3 Å². The number of nitrogens with one attached hydrogen (secondary N) is 2. The Bertz CT molecular complexity index is 759. The first kappa shape index (κ1) is 19.0. The molecule has 2 aromatic rings. The van der Waals surface area contributed by atoms with Gasteiger partial charge in [-0.05, 0) is 43.6 Å². The van der Waals surface area contributed by atoms with Crippen molar-refractivity contribution in [1.29, 1.82) is 0 Å². The molecule has 2 heterocycles. The van der Waals surface area contributed by atoms with Gasteiger partial charge in [-0.15, -0.1) is 11.3 Å². The molecule has 0 saturated carbocycles. The molecule has 0 saturated heterocycles. The van der Waals surface area contributed by atoms with Crippen LogP contribution in [0.15, 0.2) is 6.33 Å². The first-order valence-electron chi connectivity index (χ1n) is 9.38. The lowest BCUT2D eigenvalue weighted by atomic mass is 9.96. The number of amides is 1. The van der Waals surface area contributed by atoms with Crippen molar-refractivity contribution in [3.8, 4) is 0 Å². The van der Waals surface area contributed by atoms with Gasteiger partial charge in [0, 0.05) is 18.5 Å². The van der Waals surface area contributed by atoms with Gasteiger partial charge in [-0.1, -0.05) is 13.8 Å². The predicted molar refractivity (Wildman–Crippen MR) is 106 cm³/mol. The maximum Gasteiger partial charge on any atom is 0.242 e. The van der Waals surface area contributed by atoms with Gasteiger partial charge in [0.1, 0.15) is 23.0 Å². The largest absolute Gasteiger partial charge is 0.383 e. The molecule has 0 bridgehead atoms. The number of hydrogen-bond donors (Lipinski definition) is 2. The van der Waals surface area contributed by atoms with Gasteiger partial charge in [0.25, 0.3) is 0 Å². The summed E-state index contributed by atoms with van der Waals surface area (Å²) in [5.74, 6) is 1.18. The molecule has 0 fully saturated rings. The fourth-order valence-electron chi connectivity index (χ4n) is 3.47. The summed E-state index contributed by atoms with van der Waals surface area (Å²) >= 11 is 1.77. The van der Waals surface area contributed by atoms with Gasteiger partial charge >= 0.3 is 0 Å². The standard InChI is InChI=1S/C19H28N4O2S/c1-12(2)10-14(18(24)20-8-9-25-3)23-17-16-13-6-4-5-7-15(13)26-19(16)22-11-21-17/h11-12,14H,4-10H2,1-3H3,(H,20,24)(H,21,22,23)/t14-/m0/s1. The third-order valence-corrected chi connectivity index (χ3v) is 5.89. The SMILES string of the molecule is COCCNC(=O)[C@H](CC(C)C)Nc1ncnc2sc3c(c12)CCCC3. The number of anilines is 1. The Labute approximate surface area is 158 Å². The van der Waals surface area contributed by atoms with Crippen molar-refractivity contribution in [1.82, 2.24) is 15.3 Å². The minimum absolute atomic E-state index is 0.00777. The summed E-state index contributed by atoms with van der Waals surface area (Å²) in [6.45, 7) is 5.27. The Morgan fingerprint density at radius 3 is 2.88 bits per heavy atom. The van der Waals surface area contributed by atoms with Crippen LogP contribution in [0.5, 0.6) is 0 Å². The Morgan fingerprint density at radius 2 is 2.12 bits per heavy atom. The van der Waals surface area contributed by atoms with E-state index in [1.807, 2.05) is 0 Å². The molecule has 142 valence electrons. The van der Waals surface area contributed by atoms with Gasteiger partial charge in [-0.3, -0.25) is 4.79 Å². The van der Waals surface area contributed by atoms with Crippen molar-refractivity contribution < 1.29 is 9.53 Å². The van der Waals surface area contributed by atoms with Crippen LogP contribution in [0.2, 0.25) is 0 Å². The molecule has 1 aliphatic carbocycles. The average molecular weight is 377 g/mol. The molecule has 2 N–H and O–H groups in total. The van der Waals surface area contributed by atoms with Gasteiger partial charge in [-0.2, -0.15) is 0 Å². The zero-order valence-corrected chi connectivity index (χ0v) is 16.6. The number of aromatic nitrogens is 2. The van der Waals surface area contributed by atoms with E-state index in [9.17, 15) is 4.79 Å². The number of nitrogens with zero attached hydrogens (tertiary/aromatic N) is 2. The zero-order chi connectivity index (χ0) is 18.5. The Hall–Kier alpha value is -1.73. The van der Waals surface area contributed by atoms with E-state index in [2.05, 4.69) is 34.4 Å². The second kappa shape index (κ2) is 8.77. The van der Waals surface area contributed by atoms with Crippen molar-refractivity contribution in [3.05, 3.63) is 16.8 Å². The number of ether oxygens (including phenoxy) is 1. The van der Waals surface area contributed by atoms with Crippen molar-refractivity contribution in [2.75, 3.05) is 25.6 Å². The predicted octanol–water partition coefficient (Wildman–Crippen LogP) is 3.16. The maximum absolute atomic E-state index is 12.7. The first-order valence-corrected chi connectivity index (χ1v) is 10.2. The van der Waals surface area contributed by atoms with Crippen LogP contribution >= 0.6 is 11.3 Å². The van der Waals surface area contributed by atoms with Crippen molar-refractivity contribution >= 4 is 33.3 Å². The highest BCUT2D eigenvalue weighted by Gasteiger charge is 2.24. The average Bonchev–Trinajstić information content (AvgIpc) is 3.00. The fourth-order valence-corrected chi connectivity index (χ4v) is 4.70. The van der Waals surface area contributed by atoms with Crippen LogP contribution in [0.1, 0.15) is 43.6 Å². The van der Waals surface area contributed by atoms with E-state index < -0.39 is 0 Å². The highest BCUT2D eigenvalue weighted by molar-refractivity contribution is 7.19. The van der Waals surface area contributed by atoms with Crippen LogP contribution in [0.4, 0.5) is 5.82 Å². The highest BCUT2D eigenvalue weighted by atomic mass is 32.1. The van der Waals surface area contributed by atoms with Gasteiger partial charge in [-0.25, -0.2) is 9.97 Å². The molecule has 26 heavy (non-hydrogen) atoms. The Balaban J connectivity index is 1.86. The summed E-state index contributed by atoms with van der Waals surface area (Å²) in [4.78, 5) is 24.1. The number of carbonyl (C=O) groups is 1. The van der Waals surface area contributed by atoms with Crippen LogP contribution in [-0.4, -0.2) is 42.2 Å². The molecular formula is C19H28N4O2S. The smallest absolute Gasteiger partial charge is 0.242 e. The van der Waals surface area contributed by atoms with E-state index in [-0.39, 0.29) is 11.9 Å². The number of methoxy groups -OCH3 is 1. The quantitative estimate of drug-likeness (QED) is 0.692. The van der Waals surface area contributed by atoms with E-state index in [1.165, 1.54) is 23.3 Å². The summed E-state index contributed by atoms with van der Waals surface area (Å²) in [5, 5.41) is 7.48. The second-order valence-corrected chi connectivity index (χ2v) is 8.31. The molecule has 2 aromatic heterocycles. The third-order valence-electron chi connectivity index (χ3n) is 4.69. The molecule has 0 radical (unpaired) electrons. The summed E-state index contributed by atoms with van der Waals surface area (Å²) in [5.41, 5.74) is 1.38. The van der Waals surface area contributed by atoms with Crippen LogP contribution < -0.4 is 10.6 Å². The zero-order valence-electron chi connectivity index (χ0n) is 15.8. The molecule has 1 aliphatic rings. The first-order chi connectivity index (χ1) is 12.6. The van der Waals surface area contributed by atoms with E-state index >= 15 is 0 Å². The Kier molecular flexibility index (Phi) is 6.43. The van der Waals surface area contributed by atoms with Crippen LogP contribution in [0, 0.1) is 5.92 Å². The van der Waals surface area contributed by atoms with E-state index in [4.69, 9.17) is 4.74 Å². The lowest BCUT2D eigenvalue weighted by molar-refractivity contribution is -0.122. The van der Waals surface area contributed by atoms with Gasteiger partial charge < -0.3 is 15.4 Å². The van der Waals surface area contributed by atoms with Crippen LogP contribution in [0.3, 0.4) is 0 Å². The number of aryl methyl sites for hydroxylation is 2. The molecule has 0 spiro atoms. The molecule has 7 heteroatoms. The molecule has 1 amide bonds. The molecule has 1 atom stereocenters. The molecule has 3 rings (SSSR count). The molecule has 0 aliphatic heterocycles. The normalized spacial score (nSPS) is 15.1. The molecular weight excluding hydrogens is 348 g/mol.